The fourth-order valence-electron chi connectivity index (χ4n) is 3.12. The minimum Gasteiger partial charge on any atom is -0.434 e. The van der Waals surface area contributed by atoms with Crippen molar-refractivity contribution in [3.05, 3.63) is 48.2 Å². The Kier molecular flexibility index (Phi) is 7.22. The smallest absolute Gasteiger partial charge is 0.340 e. The molecule has 23 heavy (non-hydrogen) atoms. The summed E-state index contributed by atoms with van der Waals surface area (Å²) in [6.07, 6.45) is 1.14. The zero-order chi connectivity index (χ0) is 17.7. The lowest BCUT2D eigenvalue weighted by Crippen LogP contribution is -2.52. The highest BCUT2D eigenvalue weighted by atomic mass is 28.5. The summed E-state index contributed by atoms with van der Waals surface area (Å²) >= 11 is 0. The summed E-state index contributed by atoms with van der Waals surface area (Å²) in [6.45, 7) is 19.7. The molecule has 1 aromatic carbocycles. The number of hydrogen-bond donors (Lipinski definition) is 0. The molecular weight excluding hydrogens is 332 g/mol. The van der Waals surface area contributed by atoms with Crippen LogP contribution in [0, 0.1) is 0 Å². The second kappa shape index (κ2) is 8.07. The van der Waals surface area contributed by atoms with Gasteiger partial charge in [-0.15, -0.1) is 6.58 Å². The van der Waals surface area contributed by atoms with Gasteiger partial charge in [0.25, 0.3) is 0 Å². The lowest BCUT2D eigenvalue weighted by Gasteiger charge is -2.39. The van der Waals surface area contributed by atoms with Crippen molar-refractivity contribution >= 4 is 25.2 Å². The SMILES string of the molecule is C=C[Si](C)(O[Si](C)(C)C)O[Si](C)(C)CC(CC)c1ccccc1. The molecule has 0 aliphatic carbocycles. The van der Waals surface area contributed by atoms with Gasteiger partial charge in [0.2, 0.25) is 0 Å². The van der Waals surface area contributed by atoms with Crippen LogP contribution in [0.4, 0.5) is 0 Å². The molecule has 0 radical (unpaired) electrons. The van der Waals surface area contributed by atoms with E-state index in [0.717, 1.165) is 12.5 Å². The number of benzene rings is 1. The highest BCUT2D eigenvalue weighted by molar-refractivity contribution is 6.90. The predicted molar refractivity (Wildman–Crippen MR) is 109 cm³/mol. The largest absolute Gasteiger partial charge is 0.434 e. The van der Waals surface area contributed by atoms with Crippen molar-refractivity contribution in [2.24, 2.45) is 0 Å². The maximum Gasteiger partial charge on any atom is 0.340 e. The first-order chi connectivity index (χ1) is 10.5. The van der Waals surface area contributed by atoms with Gasteiger partial charge in [0.15, 0.2) is 16.6 Å². The van der Waals surface area contributed by atoms with Gasteiger partial charge in [0.1, 0.15) is 0 Å². The van der Waals surface area contributed by atoms with Crippen LogP contribution in [-0.4, -0.2) is 25.2 Å². The zero-order valence-corrected chi connectivity index (χ0v) is 19.0. The second-order valence-electron chi connectivity index (χ2n) is 8.02. The van der Waals surface area contributed by atoms with Gasteiger partial charge in [-0.1, -0.05) is 43.0 Å². The molecule has 2 nitrogen and oxygen atoms in total. The molecule has 1 rings (SSSR count). The van der Waals surface area contributed by atoms with E-state index in [-0.39, 0.29) is 0 Å². The molecule has 0 N–H and O–H groups in total. The van der Waals surface area contributed by atoms with E-state index in [1.807, 2.05) is 5.70 Å². The molecule has 0 fully saturated rings. The maximum atomic E-state index is 6.68. The molecule has 0 spiro atoms. The Hall–Kier alpha value is -0.469. The van der Waals surface area contributed by atoms with E-state index in [4.69, 9.17) is 8.23 Å². The van der Waals surface area contributed by atoms with Gasteiger partial charge in [-0.25, -0.2) is 0 Å². The molecule has 0 amide bonds. The van der Waals surface area contributed by atoms with Gasteiger partial charge in [-0.2, -0.15) is 0 Å². The first kappa shape index (κ1) is 20.6. The van der Waals surface area contributed by atoms with E-state index < -0.39 is 25.2 Å². The third-order valence-electron chi connectivity index (χ3n) is 3.86. The van der Waals surface area contributed by atoms with E-state index in [2.05, 4.69) is 83.1 Å². The lowest BCUT2D eigenvalue weighted by atomic mass is 9.99. The quantitative estimate of drug-likeness (QED) is 0.495. The van der Waals surface area contributed by atoms with Crippen LogP contribution < -0.4 is 0 Å². The van der Waals surface area contributed by atoms with Gasteiger partial charge in [-0.3, -0.25) is 0 Å². The third kappa shape index (κ3) is 7.30. The molecule has 0 heterocycles. The summed E-state index contributed by atoms with van der Waals surface area (Å²) in [4.78, 5) is 0. The molecule has 0 bridgehead atoms. The molecule has 5 heteroatoms. The first-order valence-electron chi connectivity index (χ1n) is 8.59. The zero-order valence-electron chi connectivity index (χ0n) is 16.0. The third-order valence-corrected chi connectivity index (χ3v) is 14.0. The Bertz CT molecular complexity index is 497. The summed E-state index contributed by atoms with van der Waals surface area (Å²) < 4.78 is 13.1. The summed E-state index contributed by atoms with van der Waals surface area (Å²) in [5.41, 5.74) is 3.39. The number of hydrogen-bond acceptors (Lipinski definition) is 2. The van der Waals surface area contributed by atoms with Crippen molar-refractivity contribution in [3.63, 3.8) is 0 Å². The van der Waals surface area contributed by atoms with Gasteiger partial charge in [0, 0.05) is 0 Å². The van der Waals surface area contributed by atoms with E-state index in [1.54, 1.807) is 0 Å². The topological polar surface area (TPSA) is 18.5 Å². The van der Waals surface area contributed by atoms with Crippen molar-refractivity contribution < 1.29 is 8.23 Å². The van der Waals surface area contributed by atoms with Gasteiger partial charge in [-0.05, 0) is 63.2 Å². The average molecular weight is 367 g/mol. The molecule has 0 aliphatic heterocycles. The molecule has 0 aliphatic rings. The predicted octanol–water partition coefficient (Wildman–Crippen LogP) is 6.05. The lowest BCUT2D eigenvalue weighted by molar-refractivity contribution is 0.396. The highest BCUT2D eigenvalue weighted by Gasteiger charge is 2.40. The maximum absolute atomic E-state index is 6.68. The summed E-state index contributed by atoms with van der Waals surface area (Å²) in [5, 5.41) is 0. The highest BCUT2D eigenvalue weighted by Crippen LogP contribution is 2.32. The Morgan fingerprint density at radius 2 is 1.57 bits per heavy atom. The minimum atomic E-state index is -2.29. The molecule has 0 saturated heterocycles. The standard InChI is InChI=1S/C18H34O2Si3/c1-9-17(18-14-12-11-13-15-18)16-22(6,7)20-23(8,10-2)19-21(3,4)5/h10-15,17H,2,9,16H2,1,3-8H3. The summed E-state index contributed by atoms with van der Waals surface area (Å²) in [6, 6.07) is 11.9. The van der Waals surface area contributed by atoms with E-state index in [9.17, 15) is 0 Å². The Morgan fingerprint density at radius 1 is 1.00 bits per heavy atom. The monoisotopic (exact) mass is 366 g/mol. The van der Waals surface area contributed by atoms with E-state index in [0.29, 0.717) is 5.92 Å². The Labute approximate surface area is 146 Å². The molecular formula is C18H34O2Si3. The molecule has 2 atom stereocenters. The fraction of sp³-hybridized carbons (Fsp3) is 0.556. The van der Waals surface area contributed by atoms with Crippen molar-refractivity contribution in [3.8, 4) is 0 Å². The molecule has 130 valence electrons. The average Bonchev–Trinajstić information content (AvgIpc) is 2.43. The van der Waals surface area contributed by atoms with E-state index in [1.165, 1.54) is 5.56 Å². The van der Waals surface area contributed by atoms with E-state index >= 15 is 0 Å². The first-order valence-corrected chi connectivity index (χ1v) is 17.5. The van der Waals surface area contributed by atoms with Gasteiger partial charge >= 0.3 is 8.56 Å². The summed E-state index contributed by atoms with van der Waals surface area (Å²) in [5.74, 6) is 0.563. The Balaban J connectivity index is 2.86. The van der Waals surface area contributed by atoms with Gasteiger partial charge in [0.05, 0.1) is 0 Å². The summed E-state index contributed by atoms with van der Waals surface area (Å²) in [7, 11) is -5.76. The van der Waals surface area contributed by atoms with Crippen LogP contribution in [0.1, 0.15) is 24.8 Å². The van der Waals surface area contributed by atoms with Crippen molar-refractivity contribution in [2.75, 3.05) is 0 Å². The van der Waals surface area contributed by atoms with Crippen LogP contribution in [0.5, 0.6) is 0 Å². The van der Waals surface area contributed by atoms with Crippen molar-refractivity contribution in [2.45, 2.75) is 64.6 Å². The van der Waals surface area contributed by atoms with Crippen LogP contribution in [0.25, 0.3) is 0 Å². The minimum absolute atomic E-state index is 0.563. The van der Waals surface area contributed by atoms with Gasteiger partial charge < -0.3 is 8.23 Å². The molecule has 2 unspecified atom stereocenters. The molecule has 0 aromatic heterocycles. The van der Waals surface area contributed by atoms with Crippen molar-refractivity contribution in [1.82, 2.24) is 0 Å². The second-order valence-corrected chi connectivity index (χ2v) is 20.2. The van der Waals surface area contributed by atoms with Crippen LogP contribution in [-0.2, 0) is 8.23 Å². The normalized spacial score (nSPS) is 16.7. The van der Waals surface area contributed by atoms with Crippen LogP contribution in [0.2, 0.25) is 45.3 Å². The Morgan fingerprint density at radius 3 is 2.00 bits per heavy atom. The van der Waals surface area contributed by atoms with Crippen molar-refractivity contribution in [1.29, 1.82) is 0 Å². The van der Waals surface area contributed by atoms with Crippen LogP contribution in [0.15, 0.2) is 42.6 Å². The molecule has 0 saturated carbocycles. The fourth-order valence-corrected chi connectivity index (χ4v) is 15.6. The molecule has 1 aromatic rings. The number of rotatable bonds is 9. The van der Waals surface area contributed by atoms with Crippen LogP contribution in [0.3, 0.4) is 0 Å². The van der Waals surface area contributed by atoms with Crippen LogP contribution >= 0.6 is 0 Å².